The second kappa shape index (κ2) is 6.04. The van der Waals surface area contributed by atoms with Crippen LogP contribution in [0.5, 0.6) is 0 Å². The summed E-state index contributed by atoms with van der Waals surface area (Å²) in [6, 6.07) is 9.08. The molecule has 6 heteroatoms. The summed E-state index contributed by atoms with van der Waals surface area (Å²) in [4.78, 5) is 37.2. The number of nitrogens with one attached hydrogen (secondary N) is 2. The van der Waals surface area contributed by atoms with E-state index in [1.54, 1.807) is 37.3 Å². The molecule has 1 amide bonds. The first-order valence-corrected chi connectivity index (χ1v) is 6.20. The van der Waals surface area contributed by atoms with Crippen molar-refractivity contribution in [2.75, 3.05) is 12.4 Å². The van der Waals surface area contributed by atoms with Crippen LogP contribution in [0.25, 0.3) is 0 Å². The number of hydrogen-bond acceptors (Lipinski definition) is 4. The number of amides is 1. The van der Waals surface area contributed by atoms with Gasteiger partial charge in [-0.05, 0) is 37.3 Å². The van der Waals surface area contributed by atoms with Crippen LogP contribution >= 0.6 is 0 Å². The molecule has 1 aromatic carbocycles. The molecule has 108 valence electrons. The molecule has 21 heavy (non-hydrogen) atoms. The number of rotatable bonds is 3. The van der Waals surface area contributed by atoms with Gasteiger partial charge >= 0.3 is 5.97 Å². The van der Waals surface area contributed by atoms with Gasteiger partial charge in [0.1, 0.15) is 0 Å². The Morgan fingerprint density at radius 3 is 2.33 bits per heavy atom. The van der Waals surface area contributed by atoms with Crippen molar-refractivity contribution >= 4 is 17.6 Å². The first kappa shape index (κ1) is 14.5. The maximum absolute atomic E-state index is 12.0. The summed E-state index contributed by atoms with van der Waals surface area (Å²) in [6.45, 7) is 1.70. The fourth-order valence-electron chi connectivity index (χ4n) is 1.82. The molecule has 0 aliphatic carbocycles. The molecule has 1 heterocycles. The third-order valence-corrected chi connectivity index (χ3v) is 2.81. The zero-order chi connectivity index (χ0) is 15.4. The highest BCUT2D eigenvalue weighted by Gasteiger charge is 2.09. The van der Waals surface area contributed by atoms with E-state index in [-0.39, 0.29) is 11.1 Å². The monoisotopic (exact) mass is 286 g/mol. The van der Waals surface area contributed by atoms with Crippen molar-refractivity contribution in [3.8, 4) is 0 Å². The van der Waals surface area contributed by atoms with E-state index in [1.807, 2.05) is 0 Å². The van der Waals surface area contributed by atoms with Crippen molar-refractivity contribution in [2.45, 2.75) is 6.92 Å². The van der Waals surface area contributed by atoms with Crippen molar-refractivity contribution in [1.29, 1.82) is 0 Å². The molecule has 0 aliphatic heterocycles. The minimum atomic E-state index is -0.446. The van der Waals surface area contributed by atoms with E-state index in [0.29, 0.717) is 16.9 Å². The van der Waals surface area contributed by atoms with E-state index >= 15 is 0 Å². The molecule has 0 saturated carbocycles. The van der Waals surface area contributed by atoms with Crippen LogP contribution in [-0.4, -0.2) is 24.0 Å². The maximum atomic E-state index is 12.0. The third kappa shape index (κ3) is 3.56. The fourth-order valence-corrected chi connectivity index (χ4v) is 1.82. The number of aryl methyl sites for hydroxylation is 1. The van der Waals surface area contributed by atoms with Gasteiger partial charge in [0.05, 0.1) is 12.7 Å². The van der Waals surface area contributed by atoms with Crippen molar-refractivity contribution in [3.05, 3.63) is 63.6 Å². The number of benzene rings is 1. The molecule has 1 aromatic heterocycles. The Morgan fingerprint density at radius 1 is 1.10 bits per heavy atom. The Bertz CT molecular complexity index is 732. The fraction of sp³-hybridized carbons (Fsp3) is 0.133. The quantitative estimate of drug-likeness (QED) is 0.841. The zero-order valence-corrected chi connectivity index (χ0v) is 11.6. The molecule has 2 N–H and O–H groups in total. The summed E-state index contributed by atoms with van der Waals surface area (Å²) in [5.74, 6) is -0.840. The van der Waals surface area contributed by atoms with Crippen LogP contribution in [0.3, 0.4) is 0 Å². The summed E-state index contributed by atoms with van der Waals surface area (Å²) in [5, 5.41) is 2.65. The lowest BCUT2D eigenvalue weighted by molar-refractivity contribution is 0.0600. The first-order valence-electron chi connectivity index (χ1n) is 6.20. The van der Waals surface area contributed by atoms with Gasteiger partial charge in [-0.15, -0.1) is 0 Å². The highest BCUT2D eigenvalue weighted by molar-refractivity contribution is 6.04. The van der Waals surface area contributed by atoms with Gasteiger partial charge < -0.3 is 15.0 Å². The Balaban J connectivity index is 2.16. The van der Waals surface area contributed by atoms with Crippen molar-refractivity contribution < 1.29 is 14.3 Å². The van der Waals surface area contributed by atoms with E-state index in [0.717, 1.165) is 0 Å². The average molecular weight is 286 g/mol. The second-order valence-electron chi connectivity index (χ2n) is 4.44. The predicted octanol–water partition coefficient (Wildman–Crippen LogP) is 1.72. The molecule has 0 fully saturated rings. The van der Waals surface area contributed by atoms with E-state index in [2.05, 4.69) is 15.0 Å². The van der Waals surface area contributed by atoms with E-state index in [1.165, 1.54) is 13.2 Å². The van der Waals surface area contributed by atoms with Gasteiger partial charge in [0.15, 0.2) is 0 Å². The second-order valence-corrected chi connectivity index (χ2v) is 4.44. The number of methoxy groups -OCH3 is 1. The van der Waals surface area contributed by atoms with Gasteiger partial charge in [0.2, 0.25) is 5.56 Å². The smallest absolute Gasteiger partial charge is 0.337 e. The molecular weight excluding hydrogens is 272 g/mol. The highest BCUT2D eigenvalue weighted by atomic mass is 16.5. The van der Waals surface area contributed by atoms with Crippen molar-refractivity contribution in [1.82, 2.24) is 4.98 Å². The number of pyridine rings is 1. The number of anilines is 1. The predicted molar refractivity (Wildman–Crippen MR) is 77.5 cm³/mol. The number of hydrogen-bond donors (Lipinski definition) is 2. The van der Waals surface area contributed by atoms with Gasteiger partial charge in [-0.25, -0.2) is 4.79 Å². The van der Waals surface area contributed by atoms with Gasteiger partial charge in [0, 0.05) is 23.0 Å². The molecule has 0 bridgehead atoms. The SMILES string of the molecule is COC(=O)c1ccc(NC(=O)c2cc(C)[nH]c(=O)c2)cc1. The molecule has 6 nitrogen and oxygen atoms in total. The number of ether oxygens (including phenoxy) is 1. The largest absolute Gasteiger partial charge is 0.465 e. The lowest BCUT2D eigenvalue weighted by Crippen LogP contribution is -2.16. The number of esters is 1. The summed E-state index contributed by atoms with van der Waals surface area (Å²) in [7, 11) is 1.30. The van der Waals surface area contributed by atoms with Gasteiger partial charge in [-0.2, -0.15) is 0 Å². The van der Waals surface area contributed by atoms with Crippen LogP contribution in [-0.2, 0) is 4.74 Å². The average Bonchev–Trinajstić information content (AvgIpc) is 2.46. The van der Waals surface area contributed by atoms with E-state index in [9.17, 15) is 14.4 Å². The standard InChI is InChI=1S/C15H14N2O4/c1-9-7-11(8-13(18)16-9)14(19)17-12-5-3-10(4-6-12)15(20)21-2/h3-8H,1-2H3,(H,16,18)(H,17,19). The lowest BCUT2D eigenvalue weighted by Gasteiger charge is -2.06. The Labute approximate surface area is 120 Å². The third-order valence-electron chi connectivity index (χ3n) is 2.81. The summed E-state index contributed by atoms with van der Waals surface area (Å²) in [5.41, 5.74) is 1.45. The Morgan fingerprint density at radius 2 is 1.76 bits per heavy atom. The van der Waals surface area contributed by atoms with Crippen LogP contribution in [0.4, 0.5) is 5.69 Å². The van der Waals surface area contributed by atoms with Crippen LogP contribution < -0.4 is 10.9 Å². The molecule has 0 radical (unpaired) electrons. The molecule has 0 aliphatic rings. The lowest BCUT2D eigenvalue weighted by atomic mass is 10.2. The molecule has 2 rings (SSSR count). The van der Waals surface area contributed by atoms with Crippen molar-refractivity contribution in [3.63, 3.8) is 0 Å². The number of carbonyl (C=O) groups is 2. The van der Waals surface area contributed by atoms with Gasteiger partial charge in [0.25, 0.3) is 5.91 Å². The molecule has 0 atom stereocenters. The molecule has 0 spiro atoms. The Hall–Kier alpha value is -2.89. The van der Waals surface area contributed by atoms with Crippen LogP contribution in [0.2, 0.25) is 0 Å². The summed E-state index contributed by atoms with van der Waals surface area (Å²) >= 11 is 0. The normalized spacial score (nSPS) is 10.0. The van der Waals surface area contributed by atoms with E-state index < -0.39 is 11.9 Å². The maximum Gasteiger partial charge on any atom is 0.337 e. The zero-order valence-electron chi connectivity index (χ0n) is 11.6. The number of H-pyrrole nitrogens is 1. The Kier molecular flexibility index (Phi) is 4.18. The van der Waals surface area contributed by atoms with Gasteiger partial charge in [-0.3, -0.25) is 9.59 Å². The van der Waals surface area contributed by atoms with Crippen molar-refractivity contribution in [2.24, 2.45) is 0 Å². The summed E-state index contributed by atoms with van der Waals surface area (Å²) < 4.78 is 4.59. The topological polar surface area (TPSA) is 88.3 Å². The molecular formula is C15H14N2O4. The van der Waals surface area contributed by atoms with Crippen LogP contribution in [0.15, 0.2) is 41.2 Å². The highest BCUT2D eigenvalue weighted by Crippen LogP contribution is 2.12. The van der Waals surface area contributed by atoms with Crippen LogP contribution in [0, 0.1) is 6.92 Å². The number of aromatic amines is 1. The number of aromatic nitrogens is 1. The molecule has 0 unspecified atom stereocenters. The molecule has 2 aromatic rings. The molecule has 0 saturated heterocycles. The summed E-state index contributed by atoms with van der Waals surface area (Å²) in [6.07, 6.45) is 0. The first-order chi connectivity index (χ1) is 9.99. The van der Waals surface area contributed by atoms with Crippen LogP contribution in [0.1, 0.15) is 26.4 Å². The minimum absolute atomic E-state index is 0.272. The minimum Gasteiger partial charge on any atom is -0.465 e. The van der Waals surface area contributed by atoms with E-state index in [4.69, 9.17) is 0 Å². The number of carbonyl (C=O) groups excluding carboxylic acids is 2. The van der Waals surface area contributed by atoms with Gasteiger partial charge in [-0.1, -0.05) is 0 Å².